The lowest BCUT2D eigenvalue weighted by Gasteiger charge is -2.63. The van der Waals surface area contributed by atoms with Gasteiger partial charge in [0.15, 0.2) is 29.9 Å². The largest absolute Gasteiger partial charge is 0.456 e. The second-order valence-electron chi connectivity index (χ2n) is 13.7. The minimum Gasteiger partial charge on any atom is -0.456 e. The highest BCUT2D eigenvalue weighted by atomic mass is 19.1. The number of esters is 1. The lowest BCUT2D eigenvalue weighted by molar-refractivity contribution is -0.235. The number of halogens is 2. The van der Waals surface area contributed by atoms with E-state index in [9.17, 15) is 24.3 Å². The smallest absolute Gasteiger partial charge is 0.331 e. The van der Waals surface area contributed by atoms with Gasteiger partial charge >= 0.3 is 5.97 Å². The fourth-order valence-electron chi connectivity index (χ4n) is 8.76. The fourth-order valence-corrected chi connectivity index (χ4v) is 8.76. The summed E-state index contributed by atoms with van der Waals surface area (Å²) in [5.41, 5.74) is -2.93. The molecule has 12 heteroatoms. The predicted octanol–water partition coefficient (Wildman–Crippen LogP) is 2.16. The molecule has 0 spiro atoms. The molecule has 1 amide bonds. The van der Waals surface area contributed by atoms with E-state index in [0.29, 0.717) is 12.8 Å². The van der Waals surface area contributed by atoms with Gasteiger partial charge in [0, 0.05) is 16.7 Å². The Kier molecular flexibility index (Phi) is 7.80. The van der Waals surface area contributed by atoms with Crippen molar-refractivity contribution in [3.05, 3.63) is 23.8 Å². The summed E-state index contributed by atoms with van der Waals surface area (Å²) in [5, 5.41) is 14.1. The number of rotatable bonds is 8. The van der Waals surface area contributed by atoms with E-state index in [1.54, 1.807) is 6.92 Å². The van der Waals surface area contributed by atoms with E-state index in [1.165, 1.54) is 32.9 Å². The molecule has 0 aromatic carbocycles. The van der Waals surface area contributed by atoms with Crippen molar-refractivity contribution < 1.29 is 47.3 Å². The minimum atomic E-state index is -2.33. The zero-order valence-electron chi connectivity index (χ0n) is 25.3. The zero-order chi connectivity index (χ0) is 31.8. The van der Waals surface area contributed by atoms with Crippen molar-refractivity contribution in [2.45, 2.75) is 108 Å². The molecular formula is C31H42F2N2O8. The van der Waals surface area contributed by atoms with Crippen LogP contribution < -0.4 is 11.1 Å². The van der Waals surface area contributed by atoms with Gasteiger partial charge in [0.1, 0.15) is 11.7 Å². The van der Waals surface area contributed by atoms with E-state index < -0.39 is 94.2 Å². The number of carbonyl (C=O) groups is 4. The Morgan fingerprint density at radius 1 is 1.23 bits per heavy atom. The second kappa shape index (κ2) is 10.5. The van der Waals surface area contributed by atoms with Gasteiger partial charge in [0.2, 0.25) is 11.7 Å². The Balaban J connectivity index is 1.50. The number of nitrogens with two attached hydrogens (primary N) is 1. The first-order chi connectivity index (χ1) is 20.0. The highest BCUT2D eigenvalue weighted by molar-refractivity contribution is 6.01. The number of alkyl halides is 2. The predicted molar refractivity (Wildman–Crippen MR) is 149 cm³/mol. The van der Waals surface area contributed by atoms with Gasteiger partial charge in [-0.15, -0.1) is 0 Å². The van der Waals surface area contributed by atoms with Crippen LogP contribution in [0.2, 0.25) is 0 Å². The van der Waals surface area contributed by atoms with Crippen molar-refractivity contribution in [2.24, 2.45) is 28.4 Å². The topological polar surface area (TPSA) is 154 Å². The SMILES string of the molecule is CCCC1OC2CC3C4C[C@H](F)C5=CC(=O)C=CC5(C)[C@@]4(F)C(O)CC3(C)C2(C(=O)COC(=O)C(C)(C)NC(=O)CN)O1. The molecule has 4 fully saturated rings. The molecule has 238 valence electrons. The Bertz CT molecular complexity index is 1290. The van der Waals surface area contributed by atoms with Crippen LogP contribution in [0.4, 0.5) is 8.78 Å². The minimum absolute atomic E-state index is 0.0112. The summed E-state index contributed by atoms with van der Waals surface area (Å²) in [6.07, 6.45) is -0.321. The Morgan fingerprint density at radius 3 is 2.58 bits per heavy atom. The summed E-state index contributed by atoms with van der Waals surface area (Å²) in [6.45, 7) is 6.95. The van der Waals surface area contributed by atoms with Crippen molar-refractivity contribution >= 4 is 23.4 Å². The average molecular weight is 609 g/mol. The first kappa shape index (κ1) is 31.9. The number of carbonyl (C=O) groups excluding carboxylic acids is 4. The van der Waals surface area contributed by atoms with Crippen molar-refractivity contribution in [1.29, 1.82) is 0 Å². The van der Waals surface area contributed by atoms with Gasteiger partial charge in [-0.1, -0.05) is 26.3 Å². The standard InChI is InChI=1S/C31H42F2N2O8/c1-6-7-25-42-23-12-17-18-11-20(32)19-10-16(36)8-9-28(19,4)30(18,33)21(37)13-29(17,5)31(23,43-25)22(38)15-41-26(40)27(2,3)35-24(39)14-34/h8-10,17-18,20-21,23,25,37H,6-7,11-15,34H2,1-5H3,(H,35,39)/t17?,18?,20-,21?,23?,25?,28?,29?,30-,31?/m0/s1. The molecule has 10 atom stereocenters. The maximum atomic E-state index is 17.6. The van der Waals surface area contributed by atoms with E-state index in [-0.39, 0.29) is 31.4 Å². The van der Waals surface area contributed by atoms with E-state index in [2.05, 4.69) is 5.32 Å². The van der Waals surface area contributed by atoms with Crippen LogP contribution in [0.3, 0.4) is 0 Å². The Morgan fingerprint density at radius 2 is 1.93 bits per heavy atom. The molecule has 4 N–H and O–H groups in total. The highest BCUT2D eigenvalue weighted by Gasteiger charge is 2.80. The lowest BCUT2D eigenvalue weighted by Crippen LogP contribution is -2.71. The molecule has 0 bridgehead atoms. The molecule has 10 nitrogen and oxygen atoms in total. The van der Waals surface area contributed by atoms with Crippen LogP contribution in [0.1, 0.15) is 66.7 Å². The van der Waals surface area contributed by atoms with Gasteiger partial charge in [-0.3, -0.25) is 14.4 Å². The van der Waals surface area contributed by atoms with E-state index in [0.717, 1.165) is 6.08 Å². The molecular weight excluding hydrogens is 566 g/mol. The van der Waals surface area contributed by atoms with E-state index in [1.807, 2.05) is 6.92 Å². The van der Waals surface area contributed by atoms with Gasteiger partial charge in [0.05, 0.1) is 18.8 Å². The van der Waals surface area contributed by atoms with Crippen LogP contribution in [0.25, 0.3) is 0 Å². The molecule has 43 heavy (non-hydrogen) atoms. The van der Waals surface area contributed by atoms with Crippen molar-refractivity contribution in [1.82, 2.24) is 5.32 Å². The van der Waals surface area contributed by atoms with Gasteiger partial charge in [0.25, 0.3) is 0 Å². The van der Waals surface area contributed by atoms with Crippen molar-refractivity contribution in [2.75, 3.05) is 13.2 Å². The number of amides is 1. The normalized spacial score (nSPS) is 43.2. The van der Waals surface area contributed by atoms with E-state index in [4.69, 9.17) is 19.9 Å². The third-order valence-electron chi connectivity index (χ3n) is 10.8. The molecule has 1 saturated heterocycles. The van der Waals surface area contributed by atoms with Crippen LogP contribution in [-0.4, -0.2) is 83.2 Å². The number of hydrogen-bond donors (Lipinski definition) is 3. The van der Waals surface area contributed by atoms with Crippen LogP contribution in [0.5, 0.6) is 0 Å². The summed E-state index contributed by atoms with van der Waals surface area (Å²) >= 11 is 0. The molecule has 4 aliphatic carbocycles. The molecule has 8 unspecified atom stereocenters. The second-order valence-corrected chi connectivity index (χ2v) is 13.7. The molecule has 0 aromatic rings. The quantitative estimate of drug-likeness (QED) is 0.352. The summed E-state index contributed by atoms with van der Waals surface area (Å²) in [7, 11) is 0. The first-order valence-corrected chi connectivity index (χ1v) is 15.0. The molecule has 0 aromatic heterocycles. The average Bonchev–Trinajstić information content (AvgIpc) is 3.42. The number of nitrogens with one attached hydrogen (secondary N) is 1. The van der Waals surface area contributed by atoms with Gasteiger partial charge in [-0.2, -0.15) is 0 Å². The fraction of sp³-hybridized carbons (Fsp3) is 0.742. The number of Topliss-reactive ketones (excluding diaryl/α,β-unsaturated/α-hetero) is 1. The summed E-state index contributed by atoms with van der Waals surface area (Å²) in [4.78, 5) is 51.0. The van der Waals surface area contributed by atoms with Gasteiger partial charge < -0.3 is 30.4 Å². The van der Waals surface area contributed by atoms with Crippen LogP contribution >= 0.6 is 0 Å². The van der Waals surface area contributed by atoms with Crippen LogP contribution in [0, 0.1) is 22.7 Å². The first-order valence-electron chi connectivity index (χ1n) is 15.0. The van der Waals surface area contributed by atoms with Gasteiger partial charge in [-0.05, 0) is 70.1 Å². The summed E-state index contributed by atoms with van der Waals surface area (Å²) < 4.78 is 51.4. The highest BCUT2D eigenvalue weighted by Crippen LogP contribution is 2.72. The molecule has 1 aliphatic heterocycles. The zero-order valence-corrected chi connectivity index (χ0v) is 25.3. The molecule has 5 rings (SSSR count). The number of ketones is 2. The van der Waals surface area contributed by atoms with Gasteiger partial charge in [-0.25, -0.2) is 13.6 Å². The number of ether oxygens (including phenoxy) is 3. The lowest BCUT2D eigenvalue weighted by atomic mass is 9.44. The molecule has 3 saturated carbocycles. The number of aliphatic hydroxyl groups is 1. The number of allylic oxidation sites excluding steroid dienone is 4. The molecule has 0 radical (unpaired) electrons. The monoisotopic (exact) mass is 608 g/mol. The Hall–Kier alpha value is -2.54. The summed E-state index contributed by atoms with van der Waals surface area (Å²) in [5.74, 6) is -4.18. The van der Waals surface area contributed by atoms with E-state index >= 15 is 8.78 Å². The summed E-state index contributed by atoms with van der Waals surface area (Å²) in [6, 6.07) is 0. The molecule has 1 heterocycles. The maximum absolute atomic E-state index is 17.6. The Labute approximate surface area is 249 Å². The van der Waals surface area contributed by atoms with Crippen molar-refractivity contribution in [3.63, 3.8) is 0 Å². The molecule has 5 aliphatic rings. The number of hydrogen-bond acceptors (Lipinski definition) is 9. The van der Waals surface area contributed by atoms with Crippen molar-refractivity contribution in [3.8, 4) is 0 Å². The number of fused-ring (bicyclic) bond motifs is 7. The van der Waals surface area contributed by atoms with Crippen LogP contribution in [-0.2, 0) is 33.4 Å². The number of aliphatic hydroxyl groups excluding tert-OH is 1. The van der Waals surface area contributed by atoms with Crippen LogP contribution in [0.15, 0.2) is 23.8 Å². The third-order valence-corrected chi connectivity index (χ3v) is 10.8. The third kappa shape index (κ3) is 4.38. The maximum Gasteiger partial charge on any atom is 0.331 e.